The molecule has 0 aliphatic carbocycles. The molecule has 0 radical (unpaired) electrons. The van der Waals surface area contributed by atoms with Gasteiger partial charge in [-0.1, -0.05) is 13.8 Å². The quantitative estimate of drug-likeness (QED) is 0.656. The molecule has 1 aliphatic heterocycles. The fourth-order valence-corrected chi connectivity index (χ4v) is 2.96. The standard InChI is InChI=1S/C17H15F3N6O3.C2H6/c18-17(19,20)8-26-16(22-9-23-26)12-6-25-3-4-28-13-5-10(29-7-14(21)27)1-2-11(13)15(25)24-12;1-2/h1-2,5-6,9H,3-4,7-8H2,(H2,21,27);1-2H3. The number of nitrogens with zero attached hydrogens (tertiary/aromatic N) is 5. The molecule has 0 fully saturated rings. The van der Waals surface area contributed by atoms with Crippen LogP contribution in [0, 0.1) is 0 Å². The maximum absolute atomic E-state index is 12.8. The van der Waals surface area contributed by atoms with Gasteiger partial charge in [0, 0.05) is 12.3 Å². The lowest BCUT2D eigenvalue weighted by atomic mass is 10.2. The largest absolute Gasteiger partial charge is 0.491 e. The molecule has 3 heterocycles. The van der Waals surface area contributed by atoms with Gasteiger partial charge in [0.1, 0.15) is 42.5 Å². The molecule has 0 atom stereocenters. The molecule has 1 amide bonds. The SMILES string of the molecule is CC.NC(=O)COc1ccc2c(c1)OCCn1cc(-c3ncnn3CC(F)(F)F)nc1-2. The Hall–Kier alpha value is -3.57. The molecular weight excluding hydrogens is 417 g/mol. The van der Waals surface area contributed by atoms with E-state index in [1.165, 1.54) is 0 Å². The van der Waals surface area contributed by atoms with Crippen molar-refractivity contribution in [3.8, 4) is 34.4 Å². The fourth-order valence-electron chi connectivity index (χ4n) is 2.96. The van der Waals surface area contributed by atoms with Gasteiger partial charge in [0.15, 0.2) is 12.4 Å². The smallest absolute Gasteiger partial charge is 0.408 e. The summed E-state index contributed by atoms with van der Waals surface area (Å²) in [5.41, 5.74) is 5.97. The number of nitrogens with two attached hydrogens (primary N) is 1. The van der Waals surface area contributed by atoms with E-state index in [1.54, 1.807) is 29.0 Å². The van der Waals surface area contributed by atoms with Crippen molar-refractivity contribution in [2.75, 3.05) is 13.2 Å². The Morgan fingerprint density at radius 3 is 2.77 bits per heavy atom. The number of ether oxygens (including phenoxy) is 2. The Morgan fingerprint density at radius 1 is 1.29 bits per heavy atom. The van der Waals surface area contributed by atoms with Crippen molar-refractivity contribution in [3.05, 3.63) is 30.7 Å². The van der Waals surface area contributed by atoms with Crippen molar-refractivity contribution in [3.63, 3.8) is 0 Å². The topological polar surface area (TPSA) is 110 Å². The number of benzene rings is 1. The molecule has 0 unspecified atom stereocenters. The molecule has 1 aliphatic rings. The molecule has 9 nitrogen and oxygen atoms in total. The minimum Gasteiger partial charge on any atom is -0.491 e. The summed E-state index contributed by atoms with van der Waals surface area (Å²) in [6, 6.07) is 4.93. The predicted octanol–water partition coefficient (Wildman–Crippen LogP) is 2.65. The van der Waals surface area contributed by atoms with E-state index in [1.807, 2.05) is 13.8 Å². The Bertz CT molecular complexity index is 1060. The predicted molar refractivity (Wildman–Crippen MR) is 104 cm³/mol. The van der Waals surface area contributed by atoms with Crippen molar-refractivity contribution in [2.45, 2.75) is 33.1 Å². The Balaban J connectivity index is 0.00000132. The van der Waals surface area contributed by atoms with E-state index in [-0.39, 0.29) is 18.1 Å². The highest BCUT2D eigenvalue weighted by Crippen LogP contribution is 2.36. The van der Waals surface area contributed by atoms with E-state index in [9.17, 15) is 18.0 Å². The monoisotopic (exact) mass is 438 g/mol. The average molecular weight is 438 g/mol. The second-order valence-corrected chi connectivity index (χ2v) is 6.26. The highest BCUT2D eigenvalue weighted by atomic mass is 19.4. The van der Waals surface area contributed by atoms with Crippen LogP contribution in [-0.4, -0.2) is 49.6 Å². The summed E-state index contributed by atoms with van der Waals surface area (Å²) in [6.07, 6.45) is -1.76. The molecule has 2 N–H and O–H groups in total. The number of halogens is 3. The van der Waals surface area contributed by atoms with Crippen LogP contribution in [0.1, 0.15) is 13.8 Å². The summed E-state index contributed by atoms with van der Waals surface area (Å²) in [7, 11) is 0. The van der Waals surface area contributed by atoms with Crippen LogP contribution in [0.2, 0.25) is 0 Å². The molecule has 4 rings (SSSR count). The molecule has 0 bridgehead atoms. The summed E-state index contributed by atoms with van der Waals surface area (Å²) in [6.45, 7) is 3.21. The van der Waals surface area contributed by atoms with E-state index in [0.29, 0.717) is 36.0 Å². The van der Waals surface area contributed by atoms with Gasteiger partial charge >= 0.3 is 6.18 Å². The third-order valence-electron chi connectivity index (χ3n) is 4.12. The third-order valence-corrected chi connectivity index (χ3v) is 4.12. The first-order chi connectivity index (χ1) is 14.8. The minimum atomic E-state index is -4.43. The first-order valence-electron chi connectivity index (χ1n) is 9.50. The van der Waals surface area contributed by atoms with Crippen LogP contribution >= 0.6 is 0 Å². The van der Waals surface area contributed by atoms with E-state index in [0.717, 1.165) is 11.0 Å². The molecule has 3 aromatic rings. The van der Waals surface area contributed by atoms with E-state index in [4.69, 9.17) is 15.2 Å². The zero-order valence-corrected chi connectivity index (χ0v) is 16.9. The van der Waals surface area contributed by atoms with E-state index < -0.39 is 18.6 Å². The van der Waals surface area contributed by atoms with Gasteiger partial charge < -0.3 is 19.8 Å². The van der Waals surface area contributed by atoms with Crippen molar-refractivity contribution < 1.29 is 27.4 Å². The number of primary amides is 1. The van der Waals surface area contributed by atoms with Crippen LogP contribution in [0.5, 0.6) is 11.5 Å². The van der Waals surface area contributed by atoms with Crippen LogP contribution < -0.4 is 15.2 Å². The number of hydrogen-bond acceptors (Lipinski definition) is 6. The van der Waals surface area contributed by atoms with Crippen molar-refractivity contribution in [1.29, 1.82) is 0 Å². The third kappa shape index (κ3) is 5.13. The van der Waals surface area contributed by atoms with Gasteiger partial charge in [-0.05, 0) is 12.1 Å². The van der Waals surface area contributed by atoms with Gasteiger partial charge in [0.2, 0.25) is 0 Å². The molecule has 0 spiro atoms. The van der Waals surface area contributed by atoms with Gasteiger partial charge in [-0.15, -0.1) is 0 Å². The summed E-state index contributed by atoms with van der Waals surface area (Å²) < 4.78 is 51.9. The van der Waals surface area contributed by atoms with Crippen LogP contribution in [0.15, 0.2) is 30.7 Å². The number of aromatic nitrogens is 5. The number of carbonyl (C=O) groups is 1. The number of fused-ring (bicyclic) bond motifs is 3. The van der Waals surface area contributed by atoms with Crippen molar-refractivity contribution >= 4 is 5.91 Å². The van der Waals surface area contributed by atoms with Crippen LogP contribution in [0.4, 0.5) is 13.2 Å². The minimum absolute atomic E-state index is 0.0202. The molecule has 31 heavy (non-hydrogen) atoms. The number of hydrogen-bond donors (Lipinski definition) is 1. The average Bonchev–Trinajstić information content (AvgIpc) is 3.30. The van der Waals surface area contributed by atoms with E-state index >= 15 is 0 Å². The lowest BCUT2D eigenvalue weighted by molar-refractivity contribution is -0.142. The lowest BCUT2D eigenvalue weighted by Gasteiger charge is -2.10. The number of carbonyl (C=O) groups excluding carboxylic acids is 1. The second-order valence-electron chi connectivity index (χ2n) is 6.26. The first kappa shape index (κ1) is 22.1. The van der Waals surface area contributed by atoms with E-state index in [2.05, 4.69) is 15.1 Å². The maximum atomic E-state index is 12.8. The number of alkyl halides is 3. The van der Waals surface area contributed by atoms with Crippen LogP contribution in [-0.2, 0) is 17.9 Å². The maximum Gasteiger partial charge on any atom is 0.408 e. The highest BCUT2D eigenvalue weighted by Gasteiger charge is 2.31. The Kier molecular flexibility index (Phi) is 6.47. The normalized spacial score (nSPS) is 12.5. The molecule has 0 saturated heterocycles. The molecule has 166 valence electrons. The zero-order chi connectivity index (χ0) is 22.6. The highest BCUT2D eigenvalue weighted by molar-refractivity contribution is 5.75. The van der Waals surface area contributed by atoms with Crippen molar-refractivity contribution in [1.82, 2.24) is 24.3 Å². The molecule has 1 aromatic carbocycles. The molecular formula is C19H21F3N6O3. The lowest BCUT2D eigenvalue weighted by Crippen LogP contribution is -2.20. The summed E-state index contributed by atoms with van der Waals surface area (Å²) in [4.78, 5) is 19.3. The number of amides is 1. The Labute approximate surface area is 175 Å². The van der Waals surface area contributed by atoms with Gasteiger partial charge in [0.25, 0.3) is 5.91 Å². The van der Waals surface area contributed by atoms with Gasteiger partial charge in [-0.3, -0.25) is 4.79 Å². The fraction of sp³-hybridized carbons (Fsp3) is 0.368. The van der Waals surface area contributed by atoms with Gasteiger partial charge in [-0.25, -0.2) is 14.6 Å². The van der Waals surface area contributed by atoms with Crippen molar-refractivity contribution in [2.24, 2.45) is 5.73 Å². The second kappa shape index (κ2) is 9.06. The van der Waals surface area contributed by atoms with Crippen LogP contribution in [0.25, 0.3) is 22.9 Å². The number of rotatable bonds is 5. The summed E-state index contributed by atoms with van der Waals surface area (Å²) in [5, 5.41) is 3.65. The molecule has 0 saturated carbocycles. The zero-order valence-electron chi connectivity index (χ0n) is 16.9. The van der Waals surface area contributed by atoms with Gasteiger partial charge in [-0.2, -0.15) is 18.3 Å². The Morgan fingerprint density at radius 2 is 2.06 bits per heavy atom. The summed E-state index contributed by atoms with van der Waals surface area (Å²) >= 11 is 0. The molecule has 2 aromatic heterocycles. The number of imidazole rings is 1. The van der Waals surface area contributed by atoms with Gasteiger partial charge in [0.05, 0.1) is 12.1 Å². The van der Waals surface area contributed by atoms with Crippen LogP contribution in [0.3, 0.4) is 0 Å². The first-order valence-corrected chi connectivity index (χ1v) is 9.50. The summed E-state index contributed by atoms with van der Waals surface area (Å²) in [5.74, 6) is 0.790. The molecule has 12 heteroatoms.